The number of nitrogens with zero attached hydrogens (tertiary/aromatic N) is 4. The van der Waals surface area contributed by atoms with Gasteiger partial charge >= 0.3 is 0 Å². The van der Waals surface area contributed by atoms with Gasteiger partial charge in [0.15, 0.2) is 12.5 Å². The first-order chi connectivity index (χ1) is 13.2. The molecule has 0 aliphatic carbocycles. The maximum Gasteiger partial charge on any atom is 0.203 e. The van der Waals surface area contributed by atoms with E-state index >= 15 is 0 Å². The molecule has 140 valence electrons. The van der Waals surface area contributed by atoms with E-state index in [2.05, 4.69) is 29.9 Å². The van der Waals surface area contributed by atoms with Crippen LogP contribution in [0.1, 0.15) is 29.8 Å². The minimum absolute atomic E-state index is 0.508. The third-order valence-electron chi connectivity index (χ3n) is 5.24. The van der Waals surface area contributed by atoms with Crippen molar-refractivity contribution in [2.45, 2.75) is 39.0 Å². The van der Waals surface area contributed by atoms with E-state index in [1.165, 1.54) is 10.5 Å². The first kappa shape index (κ1) is 18.3. The number of hydrogen-bond donors (Lipinski definition) is 1. The van der Waals surface area contributed by atoms with E-state index in [1.54, 1.807) is 11.1 Å². The lowest BCUT2D eigenvalue weighted by Crippen LogP contribution is -3.12. The molecule has 0 spiro atoms. The smallest absolute Gasteiger partial charge is 0.203 e. The van der Waals surface area contributed by atoms with Gasteiger partial charge in [0.2, 0.25) is 4.77 Å². The number of aromatic nitrogens is 4. The Morgan fingerprint density at radius 3 is 3.07 bits per heavy atom. The summed E-state index contributed by atoms with van der Waals surface area (Å²) in [6.45, 7) is 8.69. The van der Waals surface area contributed by atoms with Crippen molar-refractivity contribution in [2.75, 3.05) is 6.54 Å². The highest BCUT2D eigenvalue weighted by Crippen LogP contribution is 2.27. The number of hydrogen-bond acceptors (Lipinski definition) is 4. The van der Waals surface area contributed by atoms with Crippen molar-refractivity contribution in [3.63, 3.8) is 0 Å². The van der Waals surface area contributed by atoms with E-state index < -0.39 is 0 Å². The largest absolute Gasteiger partial charge is 0.310 e. The predicted octanol–water partition coefficient (Wildman–Crippen LogP) is 3.27. The summed E-state index contributed by atoms with van der Waals surface area (Å²) in [5.74, 6) is 0.855. The number of fused-ring (bicyclic) bond motifs is 1. The fraction of sp³-hybridized carbons (Fsp3) is 0.350. The van der Waals surface area contributed by atoms with Crippen molar-refractivity contribution in [2.24, 2.45) is 0 Å². The molecule has 1 N–H and O–H groups in total. The third-order valence-corrected chi connectivity index (χ3v) is 6.66. The Labute approximate surface area is 168 Å². The maximum absolute atomic E-state index is 5.77. The first-order valence-electron chi connectivity index (χ1n) is 9.32. The van der Waals surface area contributed by atoms with Gasteiger partial charge in [-0.05, 0) is 35.8 Å². The first-order valence-corrected chi connectivity index (χ1v) is 10.6. The number of allylic oxidation sites excluding steroid dienone is 1. The zero-order chi connectivity index (χ0) is 18.8. The fourth-order valence-corrected chi connectivity index (χ4v) is 5.18. The van der Waals surface area contributed by atoms with Gasteiger partial charge in [-0.15, -0.1) is 23.0 Å². The summed E-state index contributed by atoms with van der Waals surface area (Å²) in [5.41, 5.74) is 2.48. The Kier molecular flexibility index (Phi) is 5.33. The van der Waals surface area contributed by atoms with E-state index in [9.17, 15) is 0 Å². The second kappa shape index (κ2) is 7.88. The number of rotatable bonds is 6. The lowest BCUT2D eigenvalue weighted by atomic mass is 9.98. The molecule has 0 amide bonds. The molecule has 0 fully saturated rings. The third kappa shape index (κ3) is 3.42. The molecule has 3 aromatic heterocycles. The lowest BCUT2D eigenvalue weighted by molar-refractivity contribution is -0.956. The molecule has 1 aliphatic heterocycles. The van der Waals surface area contributed by atoms with Crippen LogP contribution < -0.4 is 4.90 Å². The van der Waals surface area contributed by atoms with Gasteiger partial charge in [0.05, 0.1) is 6.54 Å². The summed E-state index contributed by atoms with van der Waals surface area (Å²) in [5, 5.41) is 7.10. The van der Waals surface area contributed by atoms with Gasteiger partial charge < -0.3 is 4.90 Å². The molecule has 4 heterocycles. The summed E-state index contributed by atoms with van der Waals surface area (Å²) >= 11 is 7.65. The van der Waals surface area contributed by atoms with Gasteiger partial charge in [-0.3, -0.25) is 9.55 Å². The Hall–Kier alpha value is -2.09. The van der Waals surface area contributed by atoms with E-state index in [0.29, 0.717) is 12.6 Å². The highest BCUT2D eigenvalue weighted by Gasteiger charge is 2.31. The van der Waals surface area contributed by atoms with E-state index in [1.807, 2.05) is 45.0 Å². The van der Waals surface area contributed by atoms with E-state index in [0.717, 1.165) is 42.2 Å². The van der Waals surface area contributed by atoms with Gasteiger partial charge in [0, 0.05) is 47.8 Å². The molecular formula is C20H24N5S2+. The molecule has 0 aromatic carbocycles. The van der Waals surface area contributed by atoms with Crippen LogP contribution in [0.3, 0.4) is 0 Å². The topological polar surface area (TPSA) is 40.1 Å². The average molecular weight is 399 g/mol. The predicted molar refractivity (Wildman–Crippen MR) is 111 cm³/mol. The van der Waals surface area contributed by atoms with Crippen LogP contribution in [0.4, 0.5) is 0 Å². The molecule has 3 aromatic rings. The summed E-state index contributed by atoms with van der Waals surface area (Å²) in [7, 11) is 0. The molecule has 0 radical (unpaired) electrons. The van der Waals surface area contributed by atoms with Crippen LogP contribution in [0, 0.1) is 4.77 Å². The minimum Gasteiger partial charge on any atom is -0.310 e. The van der Waals surface area contributed by atoms with Crippen molar-refractivity contribution in [1.29, 1.82) is 0 Å². The Morgan fingerprint density at radius 2 is 2.33 bits per heavy atom. The molecule has 0 saturated carbocycles. The number of nitrogens with one attached hydrogen (secondary N) is 1. The normalized spacial score (nSPS) is 19.0. The van der Waals surface area contributed by atoms with Crippen molar-refractivity contribution >= 4 is 23.6 Å². The standard InChI is InChI=1S/C20H23N5S2/c1-3-10-24-19(15-6-5-9-21-13-15)22-25(20(24)26)14-23-11-7-18-16(8-12-27-18)17(23)4-2/h3,5-6,8-9,12-13,17H,1,4,7,10-11,14H2,2H3/p+1/t17-/m1/s1. The van der Waals surface area contributed by atoms with E-state index in [4.69, 9.17) is 17.3 Å². The lowest BCUT2D eigenvalue weighted by Gasteiger charge is -2.31. The molecule has 27 heavy (non-hydrogen) atoms. The van der Waals surface area contributed by atoms with Gasteiger partial charge in [0.1, 0.15) is 6.04 Å². The van der Waals surface area contributed by atoms with Gasteiger partial charge in [-0.25, -0.2) is 0 Å². The summed E-state index contributed by atoms with van der Waals surface area (Å²) < 4.78 is 4.77. The second-order valence-corrected chi connectivity index (χ2v) is 8.19. The molecule has 2 atom stereocenters. The molecule has 0 saturated heterocycles. The van der Waals surface area contributed by atoms with Crippen molar-refractivity contribution in [3.8, 4) is 11.4 Å². The average Bonchev–Trinajstić information content (AvgIpc) is 3.29. The van der Waals surface area contributed by atoms with Crippen LogP contribution in [-0.2, 0) is 19.6 Å². The number of pyridine rings is 1. The molecule has 0 bridgehead atoms. The quantitative estimate of drug-likeness (QED) is 0.512. The zero-order valence-electron chi connectivity index (χ0n) is 15.5. The number of quaternary nitrogens is 1. The summed E-state index contributed by atoms with van der Waals surface area (Å²) in [4.78, 5) is 7.31. The van der Waals surface area contributed by atoms with Crippen LogP contribution in [0.15, 0.2) is 48.6 Å². The molecule has 1 unspecified atom stereocenters. The van der Waals surface area contributed by atoms with Crippen LogP contribution >= 0.6 is 23.6 Å². The Balaban J connectivity index is 1.69. The summed E-state index contributed by atoms with van der Waals surface area (Å²) in [6.07, 6.45) is 7.72. The molecule has 7 heteroatoms. The van der Waals surface area contributed by atoms with Crippen molar-refractivity contribution < 1.29 is 4.90 Å². The Morgan fingerprint density at radius 1 is 1.44 bits per heavy atom. The molecule has 4 rings (SSSR count). The monoisotopic (exact) mass is 398 g/mol. The fourth-order valence-electron chi connectivity index (χ4n) is 3.97. The maximum atomic E-state index is 5.77. The highest BCUT2D eigenvalue weighted by atomic mass is 32.1. The van der Waals surface area contributed by atoms with Gasteiger partial charge in [-0.1, -0.05) is 13.0 Å². The van der Waals surface area contributed by atoms with Gasteiger partial charge in [0.25, 0.3) is 0 Å². The summed E-state index contributed by atoms with van der Waals surface area (Å²) in [6, 6.07) is 6.75. The van der Waals surface area contributed by atoms with E-state index in [-0.39, 0.29) is 0 Å². The van der Waals surface area contributed by atoms with Crippen LogP contribution in [0.25, 0.3) is 11.4 Å². The van der Waals surface area contributed by atoms with Crippen molar-refractivity contribution in [3.05, 3.63) is 63.8 Å². The van der Waals surface area contributed by atoms with Crippen LogP contribution in [0.2, 0.25) is 0 Å². The minimum atomic E-state index is 0.508. The number of thiophene rings is 1. The van der Waals surface area contributed by atoms with Crippen LogP contribution in [0.5, 0.6) is 0 Å². The zero-order valence-corrected chi connectivity index (χ0v) is 17.1. The highest BCUT2D eigenvalue weighted by molar-refractivity contribution is 7.71. The molecule has 1 aliphatic rings. The van der Waals surface area contributed by atoms with Crippen LogP contribution in [-0.4, -0.2) is 25.9 Å². The molecule has 5 nitrogen and oxygen atoms in total. The van der Waals surface area contributed by atoms with Crippen molar-refractivity contribution in [1.82, 2.24) is 19.3 Å². The Bertz CT molecular complexity index is 985. The molecular weight excluding hydrogens is 374 g/mol. The second-order valence-electron chi connectivity index (χ2n) is 6.82. The SMILES string of the molecule is C=CCn1c(-c2cccnc2)nn(C[NH+]2CCc3sccc3[C@H]2CC)c1=S. The van der Waals surface area contributed by atoms with Gasteiger partial charge in [-0.2, -0.15) is 4.68 Å².